The van der Waals surface area contributed by atoms with Crippen molar-refractivity contribution in [2.75, 3.05) is 0 Å². The summed E-state index contributed by atoms with van der Waals surface area (Å²) in [7, 11) is 0. The molecule has 0 saturated heterocycles. The molecule has 19 rings (SSSR count). The lowest BCUT2D eigenvalue weighted by molar-refractivity contribution is 0.767. The highest BCUT2D eigenvalue weighted by atomic mass is 14.5. The van der Waals surface area contributed by atoms with Gasteiger partial charge in [-0.25, -0.2) is 0 Å². The number of rotatable bonds is 6. The van der Waals surface area contributed by atoms with Gasteiger partial charge in [-0.15, -0.1) is 0 Å². The Labute approximate surface area is 577 Å². The monoisotopic (exact) mass is 1250 g/mol. The van der Waals surface area contributed by atoms with Gasteiger partial charge in [0.05, 0.1) is 10.8 Å². The van der Waals surface area contributed by atoms with Gasteiger partial charge in [-0.3, -0.25) is 0 Å². The number of hydrogen-bond donors (Lipinski definition) is 0. The Morgan fingerprint density at radius 3 is 0.939 bits per heavy atom. The first-order valence-corrected chi connectivity index (χ1v) is 34.3. The molecule has 0 N–H and O–H groups in total. The predicted molar refractivity (Wildman–Crippen MR) is 415 cm³/mol. The van der Waals surface area contributed by atoms with Gasteiger partial charge < -0.3 is 0 Å². The van der Waals surface area contributed by atoms with Crippen LogP contribution in [0.2, 0.25) is 0 Å². The van der Waals surface area contributed by atoms with E-state index in [1.165, 1.54) is 166 Å². The Hall–Kier alpha value is -12.0. The average Bonchev–Trinajstić information content (AvgIpc) is 1.52. The summed E-state index contributed by atoms with van der Waals surface area (Å²) in [6.07, 6.45) is 0. The second kappa shape index (κ2) is 26.0. The zero-order valence-electron chi connectivity index (χ0n) is 55.8. The molecule has 0 atom stereocenters. The zero-order valence-corrected chi connectivity index (χ0v) is 55.8. The maximum atomic E-state index is 2.40. The Morgan fingerprint density at radius 2 is 0.469 bits per heavy atom. The molecule has 0 radical (unpaired) electrons. The molecule has 0 aliphatic heterocycles. The van der Waals surface area contributed by atoms with E-state index in [1.54, 1.807) is 0 Å². The third-order valence-electron chi connectivity index (χ3n) is 20.5. The van der Waals surface area contributed by atoms with Crippen LogP contribution in [-0.2, 0) is 10.8 Å². The minimum atomic E-state index is -0.263. The van der Waals surface area contributed by atoms with Crippen LogP contribution >= 0.6 is 0 Å². The number of benzene rings is 16. The van der Waals surface area contributed by atoms with Crippen LogP contribution in [0, 0.1) is 27.7 Å². The molecule has 98 heavy (non-hydrogen) atoms. The molecule has 0 unspecified atom stereocenters. The fourth-order valence-corrected chi connectivity index (χ4v) is 15.8. The van der Waals surface area contributed by atoms with Crippen molar-refractivity contribution in [3.05, 3.63) is 443 Å². The Balaban J connectivity index is 0.000000102. The Morgan fingerprint density at radius 1 is 0.163 bits per heavy atom. The standard InChI is InChI=1S/C26H18.C26H20.2C23H18/c1-17-14-15-21-20-10-4-7-13-24(20)26(25(21)16-17)22-11-5-2-8-18(22)19-9-3-6-12-23(19)26;1-19-16-17-23-22-14-8-9-15-24(22)26(25(23)18-19,20-10-4-2-5-11-20)21-12-6-3-7-13-21;1-17-9-11-18(12-10-17)19-13-15-21(16-14-19)23-8-4-6-20-5-2-3-7-22(20)23;1-17-6-8-19(9-7-17)20-10-12-21(13-11-20)23-15-14-18-4-2-3-5-22(18)16-23/h2-16H,1H3;2-18H,1H3;2*2-16H,1H3. The van der Waals surface area contributed by atoms with Gasteiger partial charge >= 0.3 is 0 Å². The van der Waals surface area contributed by atoms with Crippen molar-refractivity contribution in [2.45, 2.75) is 38.5 Å². The van der Waals surface area contributed by atoms with E-state index >= 15 is 0 Å². The molecule has 0 amide bonds. The maximum absolute atomic E-state index is 2.40. The molecule has 0 heterocycles. The summed E-state index contributed by atoms with van der Waals surface area (Å²) in [5.74, 6) is 0. The lowest BCUT2D eigenvalue weighted by atomic mass is 9.67. The molecule has 3 aliphatic rings. The molecule has 3 aliphatic carbocycles. The Kier molecular flexibility index (Phi) is 16.2. The lowest BCUT2D eigenvalue weighted by Gasteiger charge is -2.34. The van der Waals surface area contributed by atoms with Gasteiger partial charge in [0.2, 0.25) is 0 Å². The summed E-state index contributed by atoms with van der Waals surface area (Å²) in [5, 5.41) is 5.16. The molecule has 0 fully saturated rings. The molecule has 466 valence electrons. The summed E-state index contributed by atoms with van der Waals surface area (Å²) in [6.45, 7) is 8.62. The van der Waals surface area contributed by atoms with E-state index < -0.39 is 0 Å². The largest absolute Gasteiger partial charge is 0.0725 e. The van der Waals surface area contributed by atoms with Crippen molar-refractivity contribution in [1.29, 1.82) is 0 Å². The molecule has 0 aromatic heterocycles. The van der Waals surface area contributed by atoms with Gasteiger partial charge in [-0.05, 0) is 178 Å². The first kappa shape index (κ1) is 60.9. The number of hydrogen-bond acceptors (Lipinski definition) is 0. The van der Waals surface area contributed by atoms with Gasteiger partial charge in [0.1, 0.15) is 0 Å². The molecular weight excluding hydrogens is 1180 g/mol. The molecule has 0 bridgehead atoms. The number of fused-ring (bicyclic) bond motifs is 15. The maximum Gasteiger partial charge on any atom is 0.0725 e. The first-order valence-electron chi connectivity index (χ1n) is 34.3. The Bertz CT molecular complexity index is 5340. The fourth-order valence-electron chi connectivity index (χ4n) is 15.8. The van der Waals surface area contributed by atoms with Crippen LogP contribution in [-0.4, -0.2) is 0 Å². The van der Waals surface area contributed by atoms with Crippen LogP contribution in [0.1, 0.15) is 66.8 Å². The topological polar surface area (TPSA) is 0 Å². The van der Waals surface area contributed by atoms with E-state index in [0.717, 1.165) is 0 Å². The van der Waals surface area contributed by atoms with Crippen LogP contribution in [0.4, 0.5) is 0 Å². The molecule has 1 spiro atoms. The van der Waals surface area contributed by atoms with Gasteiger partial charge in [-0.1, -0.05) is 392 Å². The molecule has 16 aromatic carbocycles. The highest BCUT2D eigenvalue weighted by molar-refractivity contribution is 5.98. The van der Waals surface area contributed by atoms with Crippen LogP contribution in [0.15, 0.2) is 376 Å². The van der Waals surface area contributed by atoms with Crippen molar-refractivity contribution in [2.24, 2.45) is 0 Å². The molecule has 0 saturated carbocycles. The summed E-state index contributed by atoms with van der Waals surface area (Å²) >= 11 is 0. The van der Waals surface area contributed by atoms with E-state index in [4.69, 9.17) is 0 Å². The number of aryl methyl sites for hydroxylation is 4. The van der Waals surface area contributed by atoms with E-state index in [1.807, 2.05) is 0 Å². The highest BCUT2D eigenvalue weighted by Crippen LogP contribution is 2.63. The lowest BCUT2D eigenvalue weighted by Crippen LogP contribution is -2.28. The molecular formula is C98H74. The summed E-state index contributed by atoms with van der Waals surface area (Å²) in [5.41, 5.74) is 34.1. The van der Waals surface area contributed by atoms with Crippen LogP contribution in [0.3, 0.4) is 0 Å². The van der Waals surface area contributed by atoms with E-state index in [2.05, 4.69) is 404 Å². The summed E-state index contributed by atoms with van der Waals surface area (Å²) < 4.78 is 0. The third-order valence-corrected chi connectivity index (χ3v) is 20.5. The molecule has 16 aromatic rings. The third kappa shape index (κ3) is 10.9. The van der Waals surface area contributed by atoms with E-state index in [-0.39, 0.29) is 10.8 Å². The van der Waals surface area contributed by atoms with Crippen molar-refractivity contribution >= 4 is 21.5 Å². The molecule has 0 nitrogen and oxygen atoms in total. The van der Waals surface area contributed by atoms with Crippen molar-refractivity contribution in [3.63, 3.8) is 0 Å². The second-order valence-corrected chi connectivity index (χ2v) is 26.5. The quantitative estimate of drug-likeness (QED) is 0.156. The smallest absolute Gasteiger partial charge is 0.0622 e. The molecule has 0 heteroatoms. The highest BCUT2D eigenvalue weighted by Gasteiger charge is 2.51. The summed E-state index contributed by atoms with van der Waals surface area (Å²) in [6, 6.07) is 137. The zero-order chi connectivity index (χ0) is 66.2. The van der Waals surface area contributed by atoms with Crippen LogP contribution in [0.25, 0.3) is 99.4 Å². The first-order chi connectivity index (χ1) is 48.2. The van der Waals surface area contributed by atoms with Crippen molar-refractivity contribution < 1.29 is 0 Å². The minimum absolute atomic E-state index is 0.189. The van der Waals surface area contributed by atoms with Crippen molar-refractivity contribution in [1.82, 2.24) is 0 Å². The van der Waals surface area contributed by atoms with Crippen molar-refractivity contribution in [3.8, 4) is 77.9 Å². The van der Waals surface area contributed by atoms with E-state index in [0.29, 0.717) is 0 Å². The van der Waals surface area contributed by atoms with Gasteiger partial charge in [0.15, 0.2) is 0 Å². The second-order valence-electron chi connectivity index (χ2n) is 26.5. The normalized spacial score (nSPS) is 12.7. The van der Waals surface area contributed by atoms with Crippen LogP contribution in [0.5, 0.6) is 0 Å². The fraction of sp³-hybridized carbons (Fsp3) is 0.0612. The van der Waals surface area contributed by atoms with Gasteiger partial charge in [-0.2, -0.15) is 0 Å². The predicted octanol–water partition coefficient (Wildman–Crippen LogP) is 25.7. The van der Waals surface area contributed by atoms with E-state index in [9.17, 15) is 0 Å². The summed E-state index contributed by atoms with van der Waals surface area (Å²) in [4.78, 5) is 0. The SMILES string of the molecule is Cc1ccc(-c2ccc(-c3ccc4ccccc4c3)cc2)cc1.Cc1ccc(-c2ccc(-c3cccc4ccccc34)cc2)cc1.Cc1ccc2c(c1)C(c1ccccc1)(c1ccccc1)c1ccccc1-2.Cc1ccc2c(c1)C1(c3ccccc3-c3ccccc31)c1ccccc1-2. The van der Waals surface area contributed by atoms with Gasteiger partial charge in [0, 0.05) is 0 Å². The van der Waals surface area contributed by atoms with Crippen LogP contribution < -0.4 is 0 Å². The average molecular weight is 1250 g/mol. The minimum Gasteiger partial charge on any atom is -0.0622 e. The van der Waals surface area contributed by atoms with Gasteiger partial charge in [0.25, 0.3) is 0 Å².